The highest BCUT2D eigenvalue weighted by atomic mass is 15.0. The molecule has 0 saturated carbocycles. The summed E-state index contributed by atoms with van der Waals surface area (Å²) >= 11 is 0. The maximum absolute atomic E-state index is 3.78. The van der Waals surface area contributed by atoms with Crippen molar-refractivity contribution in [3.05, 3.63) is 48.7 Å². The molecule has 0 saturated heterocycles. The Bertz CT molecular complexity index is 511. The smallest absolute Gasteiger partial charge is 0.0483 e. The second-order valence-corrected chi connectivity index (χ2v) is 4.65. The van der Waals surface area contributed by atoms with Crippen LogP contribution in [0.5, 0.6) is 0 Å². The third kappa shape index (κ3) is 2.82. The van der Waals surface area contributed by atoms with Crippen molar-refractivity contribution >= 4 is 10.9 Å². The number of likely N-dealkylation sites (N-methyl/N-ethyl adjacent to an activating group) is 1. The summed E-state index contributed by atoms with van der Waals surface area (Å²) in [6.45, 7) is 5.89. The van der Waals surface area contributed by atoms with Crippen LogP contribution in [0.25, 0.3) is 10.9 Å². The summed E-state index contributed by atoms with van der Waals surface area (Å²) < 4.78 is 2.38. The van der Waals surface area contributed by atoms with Gasteiger partial charge in [-0.3, -0.25) is 0 Å². The van der Waals surface area contributed by atoms with Gasteiger partial charge in [0.25, 0.3) is 0 Å². The number of allylic oxidation sites excluding steroid dienone is 1. The van der Waals surface area contributed by atoms with Crippen molar-refractivity contribution in [2.45, 2.75) is 25.8 Å². The van der Waals surface area contributed by atoms with Crippen LogP contribution >= 0.6 is 0 Å². The van der Waals surface area contributed by atoms with Gasteiger partial charge in [0.2, 0.25) is 0 Å². The van der Waals surface area contributed by atoms with E-state index < -0.39 is 0 Å². The predicted molar refractivity (Wildman–Crippen MR) is 79.0 cm³/mol. The molecule has 1 heterocycles. The number of nitrogens with zero attached hydrogens (tertiary/aromatic N) is 1. The van der Waals surface area contributed by atoms with Crippen molar-refractivity contribution in [2.24, 2.45) is 0 Å². The molecule has 0 aliphatic rings. The van der Waals surface area contributed by atoms with Gasteiger partial charge in [0, 0.05) is 23.6 Å². The molecule has 1 aromatic heterocycles. The molecule has 0 radical (unpaired) electrons. The van der Waals surface area contributed by atoms with E-state index >= 15 is 0 Å². The average molecular weight is 242 g/mol. The first-order chi connectivity index (χ1) is 8.86. The second-order valence-electron chi connectivity index (χ2n) is 4.65. The van der Waals surface area contributed by atoms with Gasteiger partial charge in [0.1, 0.15) is 0 Å². The molecule has 2 rings (SSSR count). The Morgan fingerprint density at radius 2 is 2.17 bits per heavy atom. The zero-order valence-corrected chi connectivity index (χ0v) is 11.2. The molecular formula is C16H22N2. The highest BCUT2D eigenvalue weighted by Crippen LogP contribution is 2.22. The molecule has 0 amide bonds. The summed E-state index contributed by atoms with van der Waals surface area (Å²) in [6, 6.07) is 8.68. The summed E-state index contributed by atoms with van der Waals surface area (Å²) in [6.07, 6.45) is 7.64. The molecule has 2 aromatic rings. The Labute approximate surface area is 109 Å². The number of rotatable bonds is 7. The van der Waals surface area contributed by atoms with Crippen molar-refractivity contribution in [1.29, 1.82) is 0 Å². The zero-order valence-electron chi connectivity index (χ0n) is 11.2. The van der Waals surface area contributed by atoms with E-state index in [4.69, 9.17) is 0 Å². The Morgan fingerprint density at radius 3 is 2.94 bits per heavy atom. The number of benzene rings is 1. The van der Waals surface area contributed by atoms with E-state index in [2.05, 4.69) is 46.9 Å². The minimum atomic E-state index is 1.03. The van der Waals surface area contributed by atoms with Crippen molar-refractivity contribution in [2.75, 3.05) is 13.6 Å². The van der Waals surface area contributed by atoms with Crippen LogP contribution in [0.3, 0.4) is 0 Å². The van der Waals surface area contributed by atoms with Crippen molar-refractivity contribution in [1.82, 2.24) is 9.88 Å². The van der Waals surface area contributed by atoms with Crippen LogP contribution < -0.4 is 5.32 Å². The van der Waals surface area contributed by atoms with Crippen LogP contribution in [0.1, 0.15) is 18.4 Å². The van der Waals surface area contributed by atoms with E-state index in [1.54, 1.807) is 0 Å². The summed E-state index contributed by atoms with van der Waals surface area (Å²) in [7, 11) is 2.00. The van der Waals surface area contributed by atoms with Crippen molar-refractivity contribution < 1.29 is 0 Å². The summed E-state index contributed by atoms with van der Waals surface area (Å²) in [5.74, 6) is 0. The largest absolute Gasteiger partial charge is 0.347 e. The fraction of sp³-hybridized carbons (Fsp3) is 0.375. The fourth-order valence-corrected chi connectivity index (χ4v) is 2.37. The molecule has 0 unspecified atom stereocenters. The first kappa shape index (κ1) is 12.9. The van der Waals surface area contributed by atoms with E-state index in [0.29, 0.717) is 0 Å². The lowest BCUT2D eigenvalue weighted by Gasteiger charge is -2.03. The van der Waals surface area contributed by atoms with Crippen LogP contribution in [0.2, 0.25) is 0 Å². The van der Waals surface area contributed by atoms with E-state index in [0.717, 1.165) is 32.4 Å². The lowest BCUT2D eigenvalue weighted by atomic mass is 10.1. The number of fused-ring (bicyclic) bond motifs is 1. The summed E-state index contributed by atoms with van der Waals surface area (Å²) in [5.41, 5.74) is 2.80. The first-order valence-corrected chi connectivity index (χ1v) is 6.69. The fourth-order valence-electron chi connectivity index (χ4n) is 2.37. The highest BCUT2D eigenvalue weighted by molar-refractivity contribution is 5.84. The molecule has 0 aliphatic carbocycles. The molecule has 0 spiro atoms. The molecule has 1 aromatic carbocycles. The number of aryl methyl sites for hydroxylation is 1. The zero-order chi connectivity index (χ0) is 12.8. The molecule has 0 aliphatic heterocycles. The molecule has 2 heteroatoms. The van der Waals surface area contributed by atoms with Gasteiger partial charge in [-0.2, -0.15) is 0 Å². The standard InChI is InChI=1S/C16H22N2/c1-3-4-7-12-18-13-14(10-11-17-2)15-8-5-6-9-16(15)18/h3,5-6,8-9,13,17H,1,4,7,10-12H2,2H3. The maximum Gasteiger partial charge on any atom is 0.0483 e. The van der Waals surface area contributed by atoms with Gasteiger partial charge in [0.05, 0.1) is 0 Å². The Balaban J connectivity index is 2.25. The normalized spacial score (nSPS) is 10.9. The van der Waals surface area contributed by atoms with Crippen molar-refractivity contribution in [3.8, 4) is 0 Å². The Kier molecular flexibility index (Phi) is 4.59. The predicted octanol–water partition coefficient (Wildman–Crippen LogP) is 3.37. The van der Waals surface area contributed by atoms with E-state index in [-0.39, 0.29) is 0 Å². The van der Waals surface area contributed by atoms with Gasteiger partial charge in [-0.1, -0.05) is 24.3 Å². The third-order valence-electron chi connectivity index (χ3n) is 3.32. The van der Waals surface area contributed by atoms with E-state index in [1.165, 1.54) is 16.5 Å². The molecule has 0 bridgehead atoms. The van der Waals surface area contributed by atoms with Crippen LogP contribution in [0.15, 0.2) is 43.1 Å². The van der Waals surface area contributed by atoms with Gasteiger partial charge in [-0.15, -0.1) is 6.58 Å². The van der Waals surface area contributed by atoms with Crippen LogP contribution in [-0.4, -0.2) is 18.2 Å². The minimum Gasteiger partial charge on any atom is -0.347 e. The number of para-hydroxylation sites is 1. The monoisotopic (exact) mass is 242 g/mol. The third-order valence-corrected chi connectivity index (χ3v) is 3.32. The topological polar surface area (TPSA) is 17.0 Å². The Morgan fingerprint density at radius 1 is 1.33 bits per heavy atom. The molecule has 0 atom stereocenters. The molecule has 18 heavy (non-hydrogen) atoms. The number of nitrogens with one attached hydrogen (secondary N) is 1. The first-order valence-electron chi connectivity index (χ1n) is 6.69. The number of unbranched alkanes of at least 4 members (excludes halogenated alkanes) is 1. The van der Waals surface area contributed by atoms with Gasteiger partial charge < -0.3 is 9.88 Å². The van der Waals surface area contributed by atoms with Gasteiger partial charge >= 0.3 is 0 Å². The molecular weight excluding hydrogens is 220 g/mol. The lowest BCUT2D eigenvalue weighted by Crippen LogP contribution is -2.10. The highest BCUT2D eigenvalue weighted by Gasteiger charge is 2.06. The quantitative estimate of drug-likeness (QED) is 0.582. The minimum absolute atomic E-state index is 1.03. The van der Waals surface area contributed by atoms with Gasteiger partial charge in [-0.05, 0) is 44.5 Å². The average Bonchev–Trinajstić information content (AvgIpc) is 2.76. The molecule has 1 N–H and O–H groups in total. The number of hydrogen-bond donors (Lipinski definition) is 1. The lowest BCUT2D eigenvalue weighted by molar-refractivity contribution is 0.668. The van der Waals surface area contributed by atoms with E-state index in [1.807, 2.05) is 13.1 Å². The van der Waals surface area contributed by atoms with Crippen molar-refractivity contribution in [3.63, 3.8) is 0 Å². The van der Waals surface area contributed by atoms with Crippen LogP contribution in [-0.2, 0) is 13.0 Å². The SMILES string of the molecule is C=CCCCn1cc(CCNC)c2ccccc21. The number of aromatic nitrogens is 1. The molecule has 96 valence electrons. The van der Waals surface area contributed by atoms with Crippen LogP contribution in [0, 0.1) is 0 Å². The Hall–Kier alpha value is -1.54. The van der Waals surface area contributed by atoms with E-state index in [9.17, 15) is 0 Å². The number of hydrogen-bond acceptors (Lipinski definition) is 1. The second kappa shape index (κ2) is 6.41. The molecule has 0 fully saturated rings. The maximum atomic E-state index is 3.78. The summed E-state index contributed by atoms with van der Waals surface area (Å²) in [4.78, 5) is 0. The molecule has 2 nitrogen and oxygen atoms in total. The summed E-state index contributed by atoms with van der Waals surface area (Å²) in [5, 5.41) is 4.61. The van der Waals surface area contributed by atoms with Gasteiger partial charge in [0.15, 0.2) is 0 Å². The van der Waals surface area contributed by atoms with Crippen LogP contribution in [0.4, 0.5) is 0 Å². The van der Waals surface area contributed by atoms with Gasteiger partial charge in [-0.25, -0.2) is 0 Å².